The molecule has 190 valence electrons. The van der Waals surface area contributed by atoms with Crippen molar-refractivity contribution in [1.29, 1.82) is 0 Å². The summed E-state index contributed by atoms with van der Waals surface area (Å²) in [6.07, 6.45) is 3.36. The molecule has 0 atom stereocenters. The molecule has 1 heterocycles. The lowest BCUT2D eigenvalue weighted by Gasteiger charge is -2.28. The van der Waals surface area contributed by atoms with Crippen molar-refractivity contribution in [3.63, 3.8) is 0 Å². The SMILES string of the molecule is O=C(NCc1ccccc1)C1CCC(Cn2c(SCc3ccccc3F)nc3ccccc3c2=O)CC1. The third-order valence-corrected chi connectivity index (χ3v) is 8.13. The molecule has 0 bridgehead atoms. The van der Waals surface area contributed by atoms with Gasteiger partial charge < -0.3 is 5.32 Å². The van der Waals surface area contributed by atoms with Crippen LogP contribution in [0.1, 0.15) is 36.8 Å². The Morgan fingerprint density at radius 3 is 2.43 bits per heavy atom. The summed E-state index contributed by atoms with van der Waals surface area (Å²) in [6, 6.07) is 24.0. The van der Waals surface area contributed by atoms with E-state index in [1.807, 2.05) is 54.6 Å². The minimum atomic E-state index is -0.256. The summed E-state index contributed by atoms with van der Waals surface area (Å²) in [5.74, 6) is 0.528. The third-order valence-electron chi connectivity index (χ3n) is 7.11. The van der Waals surface area contributed by atoms with Gasteiger partial charge in [0.05, 0.1) is 10.9 Å². The highest BCUT2D eigenvalue weighted by atomic mass is 32.2. The highest BCUT2D eigenvalue weighted by molar-refractivity contribution is 7.98. The van der Waals surface area contributed by atoms with E-state index >= 15 is 0 Å². The number of halogens is 1. The minimum absolute atomic E-state index is 0.00122. The van der Waals surface area contributed by atoms with Gasteiger partial charge in [-0.3, -0.25) is 14.2 Å². The molecule has 3 aromatic carbocycles. The Hall–Kier alpha value is -3.45. The van der Waals surface area contributed by atoms with Gasteiger partial charge in [0.1, 0.15) is 5.82 Å². The molecule has 1 aromatic heterocycles. The first-order valence-corrected chi connectivity index (χ1v) is 13.7. The molecule has 5 nitrogen and oxygen atoms in total. The quantitative estimate of drug-likeness (QED) is 0.233. The van der Waals surface area contributed by atoms with Crippen LogP contribution < -0.4 is 10.9 Å². The van der Waals surface area contributed by atoms with Gasteiger partial charge in [-0.2, -0.15) is 0 Å². The number of nitrogens with one attached hydrogen (secondary N) is 1. The van der Waals surface area contributed by atoms with E-state index in [1.54, 1.807) is 22.8 Å². The van der Waals surface area contributed by atoms with E-state index in [4.69, 9.17) is 4.98 Å². The van der Waals surface area contributed by atoms with Crippen molar-refractivity contribution < 1.29 is 9.18 Å². The number of para-hydroxylation sites is 1. The van der Waals surface area contributed by atoms with E-state index in [-0.39, 0.29) is 29.1 Å². The second-order valence-corrected chi connectivity index (χ2v) is 10.6. The molecule has 7 heteroatoms. The van der Waals surface area contributed by atoms with E-state index in [0.29, 0.717) is 40.5 Å². The van der Waals surface area contributed by atoms with E-state index in [9.17, 15) is 14.0 Å². The number of thioether (sulfide) groups is 1. The number of benzene rings is 3. The number of aromatic nitrogens is 2. The van der Waals surface area contributed by atoms with Gasteiger partial charge in [-0.1, -0.05) is 72.4 Å². The molecule has 1 aliphatic rings. The van der Waals surface area contributed by atoms with Crippen LogP contribution >= 0.6 is 11.8 Å². The van der Waals surface area contributed by atoms with Crippen LogP contribution in [0.3, 0.4) is 0 Å². The molecule has 37 heavy (non-hydrogen) atoms. The fourth-order valence-electron chi connectivity index (χ4n) is 4.97. The first-order chi connectivity index (χ1) is 18.1. The van der Waals surface area contributed by atoms with Crippen molar-refractivity contribution in [2.45, 2.75) is 49.7 Å². The van der Waals surface area contributed by atoms with Crippen LogP contribution in [-0.4, -0.2) is 15.5 Å². The minimum Gasteiger partial charge on any atom is -0.352 e. The van der Waals surface area contributed by atoms with Gasteiger partial charge in [0.15, 0.2) is 5.16 Å². The van der Waals surface area contributed by atoms with Crippen LogP contribution in [0.2, 0.25) is 0 Å². The fraction of sp³-hybridized carbons (Fsp3) is 0.300. The topological polar surface area (TPSA) is 64.0 Å². The van der Waals surface area contributed by atoms with Crippen LogP contribution in [0.15, 0.2) is 88.8 Å². The first-order valence-electron chi connectivity index (χ1n) is 12.8. The Kier molecular flexibility index (Phi) is 7.99. The lowest BCUT2D eigenvalue weighted by molar-refractivity contribution is -0.126. The maximum Gasteiger partial charge on any atom is 0.262 e. The van der Waals surface area contributed by atoms with Crippen LogP contribution in [-0.2, 0) is 23.6 Å². The van der Waals surface area contributed by atoms with Crippen molar-refractivity contribution >= 4 is 28.6 Å². The number of rotatable bonds is 8. The molecule has 0 unspecified atom stereocenters. The molecule has 0 aliphatic heterocycles. The summed E-state index contributed by atoms with van der Waals surface area (Å²) >= 11 is 1.39. The number of amides is 1. The normalized spacial score (nSPS) is 17.5. The lowest BCUT2D eigenvalue weighted by atomic mass is 9.81. The van der Waals surface area contributed by atoms with Crippen molar-refractivity contribution in [3.05, 3.63) is 106 Å². The van der Waals surface area contributed by atoms with Gasteiger partial charge in [-0.25, -0.2) is 9.37 Å². The van der Waals surface area contributed by atoms with E-state index < -0.39 is 0 Å². The molecule has 0 saturated heterocycles. The lowest BCUT2D eigenvalue weighted by Crippen LogP contribution is -2.34. The molecule has 1 aliphatic carbocycles. The first kappa shape index (κ1) is 25.2. The Balaban J connectivity index is 1.27. The zero-order valence-corrected chi connectivity index (χ0v) is 21.4. The molecule has 4 aromatic rings. The Morgan fingerprint density at radius 2 is 1.65 bits per heavy atom. The van der Waals surface area contributed by atoms with E-state index in [2.05, 4.69) is 5.32 Å². The largest absolute Gasteiger partial charge is 0.352 e. The molecule has 0 spiro atoms. The fourth-order valence-corrected chi connectivity index (χ4v) is 5.97. The smallest absolute Gasteiger partial charge is 0.262 e. The molecule has 5 rings (SSSR count). The number of fused-ring (bicyclic) bond motifs is 1. The van der Waals surface area contributed by atoms with Crippen molar-refractivity contribution in [2.75, 3.05) is 0 Å². The van der Waals surface area contributed by atoms with Gasteiger partial charge in [-0.15, -0.1) is 0 Å². The summed E-state index contributed by atoms with van der Waals surface area (Å²) in [6.45, 7) is 1.09. The van der Waals surface area contributed by atoms with Gasteiger partial charge >= 0.3 is 0 Å². The summed E-state index contributed by atoms with van der Waals surface area (Å²) in [4.78, 5) is 31.0. The molecular weight excluding hydrogens is 485 g/mol. The number of hydrogen-bond acceptors (Lipinski definition) is 4. The number of hydrogen-bond donors (Lipinski definition) is 1. The maximum absolute atomic E-state index is 14.2. The van der Waals surface area contributed by atoms with E-state index in [0.717, 1.165) is 31.2 Å². The number of carbonyl (C=O) groups excluding carboxylic acids is 1. The van der Waals surface area contributed by atoms with Crippen molar-refractivity contribution in [1.82, 2.24) is 14.9 Å². The summed E-state index contributed by atoms with van der Waals surface area (Å²) in [7, 11) is 0. The molecule has 0 radical (unpaired) electrons. The highest BCUT2D eigenvalue weighted by Gasteiger charge is 2.27. The maximum atomic E-state index is 14.2. The predicted octanol–water partition coefficient (Wildman–Crippen LogP) is 5.95. The Labute approximate surface area is 220 Å². The van der Waals surface area contributed by atoms with Crippen LogP contribution in [0.5, 0.6) is 0 Å². The van der Waals surface area contributed by atoms with E-state index in [1.165, 1.54) is 17.8 Å². The summed E-state index contributed by atoms with van der Waals surface area (Å²) in [5.41, 5.74) is 2.26. The predicted molar refractivity (Wildman–Crippen MR) is 146 cm³/mol. The second-order valence-electron chi connectivity index (χ2n) is 9.63. The van der Waals surface area contributed by atoms with Crippen molar-refractivity contribution in [3.8, 4) is 0 Å². The van der Waals surface area contributed by atoms with Crippen LogP contribution in [0, 0.1) is 17.7 Å². The average molecular weight is 516 g/mol. The number of carbonyl (C=O) groups is 1. The van der Waals surface area contributed by atoms with Gasteiger partial charge in [0.25, 0.3) is 5.56 Å². The zero-order chi connectivity index (χ0) is 25.6. The van der Waals surface area contributed by atoms with Gasteiger partial charge in [0, 0.05) is 24.8 Å². The second kappa shape index (κ2) is 11.7. The zero-order valence-electron chi connectivity index (χ0n) is 20.6. The molecule has 1 N–H and O–H groups in total. The average Bonchev–Trinajstić information content (AvgIpc) is 2.94. The molecule has 1 fully saturated rings. The van der Waals surface area contributed by atoms with Crippen LogP contribution in [0.4, 0.5) is 4.39 Å². The highest BCUT2D eigenvalue weighted by Crippen LogP contribution is 2.31. The Bertz CT molecular complexity index is 1430. The molecular formula is C30H30FN3O2S. The van der Waals surface area contributed by atoms with Crippen LogP contribution in [0.25, 0.3) is 10.9 Å². The van der Waals surface area contributed by atoms with Gasteiger partial charge in [-0.05, 0) is 60.9 Å². The van der Waals surface area contributed by atoms with Gasteiger partial charge in [0.2, 0.25) is 5.91 Å². The summed E-state index contributed by atoms with van der Waals surface area (Å²) in [5, 5.41) is 4.27. The molecule has 1 saturated carbocycles. The third kappa shape index (κ3) is 6.10. The van der Waals surface area contributed by atoms with Crippen molar-refractivity contribution in [2.24, 2.45) is 11.8 Å². The Morgan fingerprint density at radius 1 is 0.946 bits per heavy atom. The number of nitrogens with zero attached hydrogens (tertiary/aromatic N) is 2. The monoisotopic (exact) mass is 515 g/mol. The standard InChI is InChI=1S/C30H30FN3O2S/c31-26-12-6-4-10-24(26)20-37-30-33-27-13-7-5-11-25(27)29(36)34(30)19-22-14-16-23(17-15-22)28(35)32-18-21-8-2-1-3-9-21/h1-13,22-23H,14-20H2,(H,32,35). The summed E-state index contributed by atoms with van der Waals surface area (Å²) < 4.78 is 16.0. The molecule has 1 amide bonds.